The normalized spacial score (nSPS) is 31.5. The number of methoxy groups -OCH3 is 1. The Kier molecular flexibility index (Phi) is 5.64. The Bertz CT molecular complexity index is 652. The molecule has 0 saturated carbocycles. The predicted octanol–water partition coefficient (Wildman–Crippen LogP) is 2.58. The van der Waals surface area contributed by atoms with Gasteiger partial charge in [-0.15, -0.1) is 0 Å². The molecule has 5 atom stereocenters. The first-order valence-electron chi connectivity index (χ1n) is 8.77. The van der Waals surface area contributed by atoms with Gasteiger partial charge in [0, 0.05) is 19.2 Å². The molecule has 2 aliphatic rings. The maximum absolute atomic E-state index is 13.3. The van der Waals surface area contributed by atoms with Gasteiger partial charge in [0.15, 0.2) is 0 Å². The molecule has 0 aliphatic carbocycles. The quantitative estimate of drug-likeness (QED) is 0.569. The molecule has 138 valence electrons. The van der Waals surface area contributed by atoms with Crippen molar-refractivity contribution in [1.29, 1.82) is 0 Å². The van der Waals surface area contributed by atoms with Crippen LogP contribution in [0.4, 0.5) is 0 Å². The van der Waals surface area contributed by atoms with Crippen molar-refractivity contribution >= 4 is 18.9 Å². The molecule has 0 amide bonds. The van der Waals surface area contributed by atoms with Crippen LogP contribution < -0.4 is 5.30 Å². The molecule has 2 aliphatic heterocycles. The molecular weight excluding hydrogens is 341 g/mol. The number of fused-ring (bicyclic) bond motifs is 2. The van der Waals surface area contributed by atoms with E-state index in [4.69, 9.17) is 13.8 Å². The minimum absolute atomic E-state index is 0.0716. The topological polar surface area (TPSA) is 65.1 Å². The third-order valence-corrected chi connectivity index (χ3v) is 7.40. The summed E-state index contributed by atoms with van der Waals surface area (Å²) in [5.74, 6) is -0.750. The van der Waals surface area contributed by atoms with E-state index in [9.17, 15) is 9.36 Å². The Labute approximate surface area is 149 Å². The monoisotopic (exact) mass is 367 g/mol. The smallest absolute Gasteiger partial charge is 0.361 e. The highest BCUT2D eigenvalue weighted by atomic mass is 31.2. The molecule has 4 unspecified atom stereocenters. The van der Waals surface area contributed by atoms with Crippen molar-refractivity contribution in [3.8, 4) is 0 Å². The lowest BCUT2D eigenvalue weighted by Gasteiger charge is -2.43. The van der Waals surface area contributed by atoms with Gasteiger partial charge in [0.2, 0.25) is 0 Å². The van der Waals surface area contributed by atoms with Crippen LogP contribution in [-0.2, 0) is 23.1 Å². The number of carbonyl (C=O) groups excluding carboxylic acids is 1. The zero-order valence-corrected chi connectivity index (χ0v) is 15.9. The maximum Gasteiger partial charge on any atom is 0.361 e. The summed E-state index contributed by atoms with van der Waals surface area (Å²) in [6.07, 6.45) is 2.14. The third kappa shape index (κ3) is 3.41. The van der Waals surface area contributed by atoms with Crippen LogP contribution in [0.1, 0.15) is 26.2 Å². The molecule has 1 aromatic rings. The molecule has 0 radical (unpaired) electrons. The summed E-state index contributed by atoms with van der Waals surface area (Å²) in [5.41, 5.74) is 0. The molecule has 0 aromatic heterocycles. The average molecular weight is 367 g/mol. The molecule has 2 saturated heterocycles. The lowest BCUT2D eigenvalue weighted by molar-refractivity contribution is -0.155. The second-order valence-electron chi connectivity index (χ2n) is 6.57. The number of hydrogen-bond acceptors (Lipinski definition) is 6. The second-order valence-corrected chi connectivity index (χ2v) is 8.66. The van der Waals surface area contributed by atoms with Gasteiger partial charge in [0.25, 0.3) is 0 Å². The van der Waals surface area contributed by atoms with Gasteiger partial charge < -0.3 is 13.8 Å². The number of ether oxygens (including phenoxy) is 1. The van der Waals surface area contributed by atoms with E-state index in [-0.39, 0.29) is 12.0 Å². The van der Waals surface area contributed by atoms with Crippen molar-refractivity contribution in [3.05, 3.63) is 30.3 Å². The molecule has 2 fully saturated rings. The Morgan fingerprint density at radius 3 is 2.56 bits per heavy atom. The summed E-state index contributed by atoms with van der Waals surface area (Å²) < 4.78 is 29.7. The van der Waals surface area contributed by atoms with E-state index in [1.54, 1.807) is 24.3 Å². The van der Waals surface area contributed by atoms with Gasteiger partial charge in [-0.3, -0.25) is 14.3 Å². The number of hydrogen-bond donors (Lipinski definition) is 0. The van der Waals surface area contributed by atoms with Crippen molar-refractivity contribution in [1.82, 2.24) is 4.90 Å². The number of carbonyl (C=O) groups is 1. The van der Waals surface area contributed by atoms with Gasteiger partial charge in [0.1, 0.15) is 0 Å². The summed E-state index contributed by atoms with van der Waals surface area (Å²) in [4.78, 5) is 14.8. The highest BCUT2D eigenvalue weighted by Gasteiger charge is 2.52. The van der Waals surface area contributed by atoms with E-state index in [1.165, 1.54) is 14.2 Å². The minimum Gasteiger partial charge on any atom is -0.469 e. The molecule has 25 heavy (non-hydrogen) atoms. The zero-order valence-electron chi connectivity index (χ0n) is 15.0. The number of piperidine rings is 1. The van der Waals surface area contributed by atoms with E-state index in [0.717, 1.165) is 19.4 Å². The molecule has 3 rings (SSSR count). The fourth-order valence-corrected chi connectivity index (χ4v) is 5.84. The van der Waals surface area contributed by atoms with Crippen molar-refractivity contribution in [2.75, 3.05) is 20.8 Å². The third-order valence-electron chi connectivity index (χ3n) is 5.44. The standard InChI is InChI=1S/C18H26NO5P/c1-4-19-13-10-11-15(19)17(18(20)22-2)16(12-13)24-25(21,23-3)14-8-6-5-7-9-14/h5-9,13,15-17H,4,10-12H2,1-3H3/t13?,15?,16?,17-,25?/m1/s1. The number of rotatable bonds is 6. The van der Waals surface area contributed by atoms with Crippen LogP contribution in [0.3, 0.4) is 0 Å². The Balaban J connectivity index is 1.89. The van der Waals surface area contributed by atoms with Gasteiger partial charge in [-0.25, -0.2) is 0 Å². The second kappa shape index (κ2) is 7.58. The van der Waals surface area contributed by atoms with Crippen LogP contribution in [0.15, 0.2) is 30.3 Å². The summed E-state index contributed by atoms with van der Waals surface area (Å²) >= 11 is 0. The highest BCUT2D eigenvalue weighted by Crippen LogP contribution is 2.52. The summed E-state index contributed by atoms with van der Waals surface area (Å²) in [5, 5.41) is 0.506. The van der Waals surface area contributed by atoms with Gasteiger partial charge in [-0.05, 0) is 37.9 Å². The van der Waals surface area contributed by atoms with Crippen LogP contribution in [-0.4, -0.2) is 49.8 Å². The summed E-state index contributed by atoms with van der Waals surface area (Å²) in [6, 6.07) is 9.32. The van der Waals surface area contributed by atoms with Crippen molar-refractivity contribution in [3.63, 3.8) is 0 Å². The lowest BCUT2D eigenvalue weighted by Crippen LogP contribution is -2.54. The van der Waals surface area contributed by atoms with Crippen LogP contribution in [0.25, 0.3) is 0 Å². The van der Waals surface area contributed by atoms with E-state index in [0.29, 0.717) is 17.8 Å². The summed E-state index contributed by atoms with van der Waals surface area (Å²) in [6.45, 7) is 2.99. The van der Waals surface area contributed by atoms with E-state index in [1.807, 2.05) is 6.07 Å². The van der Waals surface area contributed by atoms with Crippen molar-refractivity contribution < 1.29 is 23.1 Å². The molecule has 0 N–H and O–H groups in total. The predicted molar refractivity (Wildman–Crippen MR) is 94.9 cm³/mol. The maximum atomic E-state index is 13.3. The number of esters is 1. The van der Waals surface area contributed by atoms with Crippen molar-refractivity contribution in [2.24, 2.45) is 5.92 Å². The van der Waals surface area contributed by atoms with Crippen LogP contribution >= 0.6 is 7.60 Å². The first kappa shape index (κ1) is 18.6. The van der Waals surface area contributed by atoms with Crippen molar-refractivity contribution in [2.45, 2.75) is 44.4 Å². The molecular formula is C18H26NO5P. The molecule has 2 heterocycles. The van der Waals surface area contributed by atoms with Gasteiger partial charge in [0.05, 0.1) is 24.4 Å². The number of nitrogens with zero attached hydrogens (tertiary/aromatic N) is 1. The minimum atomic E-state index is -3.49. The fourth-order valence-electron chi connectivity index (χ4n) is 4.31. The Morgan fingerprint density at radius 2 is 1.96 bits per heavy atom. The zero-order chi connectivity index (χ0) is 18.0. The summed E-state index contributed by atoms with van der Waals surface area (Å²) in [7, 11) is -0.710. The van der Waals surface area contributed by atoms with Crippen LogP contribution in [0.2, 0.25) is 0 Å². The van der Waals surface area contributed by atoms with E-state index >= 15 is 0 Å². The molecule has 6 nitrogen and oxygen atoms in total. The SMILES string of the molecule is CCN1C2CCC1[C@@H](C(=O)OC)C(OP(=O)(OC)c1ccccc1)C2. The first-order chi connectivity index (χ1) is 12.0. The Morgan fingerprint density at radius 1 is 1.24 bits per heavy atom. The van der Waals surface area contributed by atoms with Crippen LogP contribution in [0.5, 0.6) is 0 Å². The van der Waals surface area contributed by atoms with E-state index in [2.05, 4.69) is 11.8 Å². The van der Waals surface area contributed by atoms with E-state index < -0.39 is 19.6 Å². The molecule has 7 heteroatoms. The highest BCUT2D eigenvalue weighted by molar-refractivity contribution is 7.62. The van der Waals surface area contributed by atoms with Crippen LogP contribution in [0, 0.1) is 5.92 Å². The largest absolute Gasteiger partial charge is 0.469 e. The average Bonchev–Trinajstić information content (AvgIpc) is 2.95. The van der Waals surface area contributed by atoms with Gasteiger partial charge in [-0.1, -0.05) is 25.1 Å². The number of benzene rings is 1. The lowest BCUT2D eigenvalue weighted by atomic mass is 9.87. The van der Waals surface area contributed by atoms with Gasteiger partial charge >= 0.3 is 13.6 Å². The molecule has 0 spiro atoms. The molecule has 1 aromatic carbocycles. The Hall–Kier alpha value is -1.20. The molecule has 2 bridgehead atoms. The first-order valence-corrected chi connectivity index (χ1v) is 10.3. The van der Waals surface area contributed by atoms with Gasteiger partial charge in [-0.2, -0.15) is 0 Å². The fraction of sp³-hybridized carbons (Fsp3) is 0.611.